The van der Waals surface area contributed by atoms with E-state index in [1.807, 2.05) is 20.8 Å². The van der Waals surface area contributed by atoms with Gasteiger partial charge in [0.15, 0.2) is 0 Å². The number of rotatable bonds is 8. The van der Waals surface area contributed by atoms with E-state index in [1.54, 1.807) is 0 Å². The third-order valence-electron chi connectivity index (χ3n) is 2.32. The lowest BCUT2D eigenvalue weighted by Crippen LogP contribution is -2.18. The minimum atomic E-state index is -0.0332. The lowest BCUT2D eigenvalue weighted by atomic mass is 10.1. The summed E-state index contributed by atoms with van der Waals surface area (Å²) in [5, 5.41) is 11.9. The molecule has 0 fully saturated rings. The predicted octanol–water partition coefficient (Wildman–Crippen LogP) is 0.375. The van der Waals surface area contributed by atoms with Crippen molar-refractivity contribution in [2.75, 3.05) is 23.9 Å². The van der Waals surface area contributed by atoms with Gasteiger partial charge < -0.3 is 15.2 Å². The van der Waals surface area contributed by atoms with Gasteiger partial charge in [-0.05, 0) is 26.2 Å². The van der Waals surface area contributed by atoms with E-state index < -0.39 is 0 Å². The summed E-state index contributed by atoms with van der Waals surface area (Å²) in [5.41, 5.74) is 2.37. The molecule has 8 nitrogen and oxygen atoms in total. The van der Waals surface area contributed by atoms with E-state index in [1.165, 1.54) is 0 Å². The largest absolute Gasteiger partial charge is 0.461 e. The summed E-state index contributed by atoms with van der Waals surface area (Å²) in [5.74, 6) is 6.24. The number of ether oxygens (including phenoxy) is 1. The van der Waals surface area contributed by atoms with Gasteiger partial charge in [-0.15, -0.1) is 0 Å². The zero-order chi connectivity index (χ0) is 14.3. The summed E-state index contributed by atoms with van der Waals surface area (Å²) in [4.78, 5) is 12.2. The average molecular weight is 270 g/mol. The van der Waals surface area contributed by atoms with Crippen LogP contribution in [0.5, 0.6) is 6.01 Å². The number of hydrazine groups is 1. The summed E-state index contributed by atoms with van der Waals surface area (Å²) >= 11 is 0. The highest BCUT2D eigenvalue weighted by atomic mass is 16.5. The second kappa shape index (κ2) is 7.70. The second-order valence-electron chi connectivity index (χ2n) is 4.57. The Morgan fingerprint density at radius 2 is 1.89 bits per heavy atom. The molecule has 0 amide bonds. The Labute approximate surface area is 112 Å². The molecule has 0 saturated heterocycles. The summed E-state index contributed by atoms with van der Waals surface area (Å²) in [6, 6.07) is 0.218. The van der Waals surface area contributed by atoms with Crippen LogP contribution in [0.4, 0.5) is 11.9 Å². The number of aromatic nitrogens is 3. The minimum Gasteiger partial charge on any atom is -0.461 e. The van der Waals surface area contributed by atoms with Gasteiger partial charge in [0.1, 0.15) is 0 Å². The van der Waals surface area contributed by atoms with Gasteiger partial charge in [-0.25, -0.2) is 5.84 Å². The van der Waals surface area contributed by atoms with Crippen LogP contribution in [0, 0.1) is 5.92 Å². The summed E-state index contributed by atoms with van der Waals surface area (Å²) in [6.07, 6.45) is 0.685. The van der Waals surface area contributed by atoms with E-state index in [0.29, 0.717) is 18.4 Å². The molecule has 1 aromatic rings. The molecule has 0 aromatic carbocycles. The van der Waals surface area contributed by atoms with Gasteiger partial charge in [0.2, 0.25) is 11.9 Å². The van der Waals surface area contributed by atoms with Crippen LogP contribution >= 0.6 is 0 Å². The van der Waals surface area contributed by atoms with Crippen LogP contribution in [0.15, 0.2) is 0 Å². The first-order valence-corrected chi connectivity index (χ1v) is 6.29. The Balaban J connectivity index is 2.70. The van der Waals surface area contributed by atoms with E-state index in [9.17, 15) is 0 Å². The van der Waals surface area contributed by atoms with Crippen molar-refractivity contribution in [2.24, 2.45) is 11.8 Å². The van der Waals surface area contributed by atoms with E-state index in [0.717, 1.165) is 6.42 Å². The van der Waals surface area contributed by atoms with Gasteiger partial charge in [0.05, 0.1) is 6.10 Å². The van der Waals surface area contributed by atoms with Gasteiger partial charge in [-0.3, -0.25) is 5.43 Å². The molecule has 0 radical (unpaired) electrons. The highest BCUT2D eigenvalue weighted by Gasteiger charge is 2.09. The SMILES string of the molecule is CC(CCO)CNc1nc(NN)nc(OC(C)C)n1. The summed E-state index contributed by atoms with van der Waals surface area (Å²) < 4.78 is 5.41. The summed E-state index contributed by atoms with van der Waals surface area (Å²) in [7, 11) is 0. The fourth-order valence-corrected chi connectivity index (χ4v) is 1.35. The van der Waals surface area contributed by atoms with E-state index in [-0.39, 0.29) is 24.7 Å². The van der Waals surface area contributed by atoms with E-state index >= 15 is 0 Å². The Bertz CT molecular complexity index is 387. The number of hydrogen-bond donors (Lipinski definition) is 4. The monoisotopic (exact) mass is 270 g/mol. The molecule has 108 valence electrons. The van der Waals surface area contributed by atoms with Crippen LogP contribution in [0.1, 0.15) is 27.2 Å². The molecule has 0 aliphatic rings. The number of hydrogen-bond acceptors (Lipinski definition) is 8. The Morgan fingerprint density at radius 1 is 1.21 bits per heavy atom. The number of nitrogens with two attached hydrogens (primary N) is 1. The number of nitrogens with zero attached hydrogens (tertiary/aromatic N) is 3. The molecule has 19 heavy (non-hydrogen) atoms. The minimum absolute atomic E-state index is 0.0332. The Morgan fingerprint density at radius 3 is 2.47 bits per heavy atom. The number of nitrogen functional groups attached to an aromatic ring is 1. The van der Waals surface area contributed by atoms with Crippen LogP contribution in [-0.2, 0) is 0 Å². The summed E-state index contributed by atoms with van der Waals surface area (Å²) in [6.45, 7) is 6.61. The zero-order valence-corrected chi connectivity index (χ0v) is 11.6. The molecule has 8 heteroatoms. The Hall–Kier alpha value is -1.67. The van der Waals surface area contributed by atoms with E-state index in [2.05, 4.69) is 25.7 Å². The van der Waals surface area contributed by atoms with Crippen molar-refractivity contribution in [2.45, 2.75) is 33.3 Å². The number of anilines is 2. The molecule has 1 atom stereocenters. The number of nitrogens with one attached hydrogen (secondary N) is 2. The molecule has 1 heterocycles. The van der Waals surface area contributed by atoms with Gasteiger partial charge >= 0.3 is 6.01 Å². The van der Waals surface area contributed by atoms with Crippen LogP contribution in [-0.4, -0.2) is 39.3 Å². The fraction of sp³-hybridized carbons (Fsp3) is 0.727. The molecule has 1 aromatic heterocycles. The quantitative estimate of drug-likeness (QED) is 0.395. The van der Waals surface area contributed by atoms with Crippen molar-refractivity contribution >= 4 is 11.9 Å². The van der Waals surface area contributed by atoms with E-state index in [4.69, 9.17) is 15.7 Å². The van der Waals surface area contributed by atoms with Gasteiger partial charge in [0.25, 0.3) is 0 Å². The van der Waals surface area contributed by atoms with Crippen molar-refractivity contribution in [1.82, 2.24) is 15.0 Å². The first-order chi connectivity index (χ1) is 9.05. The zero-order valence-electron chi connectivity index (χ0n) is 11.6. The molecular weight excluding hydrogens is 248 g/mol. The number of aliphatic hydroxyl groups is 1. The van der Waals surface area contributed by atoms with Gasteiger partial charge in [0, 0.05) is 13.2 Å². The van der Waals surface area contributed by atoms with Crippen LogP contribution in [0.25, 0.3) is 0 Å². The molecular formula is C11H22N6O2. The second-order valence-corrected chi connectivity index (χ2v) is 4.57. The predicted molar refractivity (Wildman–Crippen MR) is 72.8 cm³/mol. The Kier molecular flexibility index (Phi) is 6.23. The average Bonchev–Trinajstić information content (AvgIpc) is 2.35. The van der Waals surface area contributed by atoms with Crippen LogP contribution < -0.4 is 21.3 Å². The number of aliphatic hydroxyl groups excluding tert-OH is 1. The molecule has 0 spiro atoms. The smallest absolute Gasteiger partial charge is 0.323 e. The maximum Gasteiger partial charge on any atom is 0.323 e. The highest BCUT2D eigenvalue weighted by Crippen LogP contribution is 2.12. The molecule has 5 N–H and O–H groups in total. The first-order valence-electron chi connectivity index (χ1n) is 6.29. The fourth-order valence-electron chi connectivity index (χ4n) is 1.35. The van der Waals surface area contributed by atoms with Gasteiger partial charge in [-0.1, -0.05) is 6.92 Å². The normalized spacial score (nSPS) is 12.3. The third kappa shape index (κ3) is 5.66. The van der Waals surface area contributed by atoms with Crippen LogP contribution in [0.3, 0.4) is 0 Å². The van der Waals surface area contributed by atoms with Gasteiger partial charge in [-0.2, -0.15) is 15.0 Å². The third-order valence-corrected chi connectivity index (χ3v) is 2.32. The topological polar surface area (TPSA) is 118 Å². The lowest BCUT2D eigenvalue weighted by molar-refractivity contribution is 0.222. The van der Waals surface area contributed by atoms with Crippen LogP contribution in [0.2, 0.25) is 0 Å². The first kappa shape index (κ1) is 15.4. The van der Waals surface area contributed by atoms with Crippen molar-refractivity contribution < 1.29 is 9.84 Å². The molecule has 0 aliphatic carbocycles. The molecule has 0 saturated carbocycles. The lowest BCUT2D eigenvalue weighted by Gasteiger charge is -2.13. The van der Waals surface area contributed by atoms with Crippen molar-refractivity contribution in [3.05, 3.63) is 0 Å². The molecule has 0 aliphatic heterocycles. The van der Waals surface area contributed by atoms with Crippen molar-refractivity contribution in [3.63, 3.8) is 0 Å². The molecule has 1 unspecified atom stereocenters. The van der Waals surface area contributed by atoms with Crippen molar-refractivity contribution in [1.29, 1.82) is 0 Å². The maximum absolute atomic E-state index is 8.84. The molecule has 0 bridgehead atoms. The molecule has 1 rings (SSSR count). The maximum atomic E-state index is 8.84. The van der Waals surface area contributed by atoms with Crippen molar-refractivity contribution in [3.8, 4) is 6.01 Å². The highest BCUT2D eigenvalue weighted by molar-refractivity contribution is 5.34. The standard InChI is InChI=1S/C11H22N6O2/c1-7(2)19-11-15-9(14-10(16-11)17-12)13-6-8(3)4-5-18/h7-8,18H,4-6,12H2,1-3H3,(H2,13,14,15,16,17).